The van der Waals surface area contributed by atoms with Gasteiger partial charge in [0.1, 0.15) is 11.4 Å². The van der Waals surface area contributed by atoms with Crippen molar-refractivity contribution in [2.24, 2.45) is 5.92 Å². The normalized spacial score (nSPS) is 17.5. The zero-order chi connectivity index (χ0) is 17.1. The molecule has 7 heteroatoms. The summed E-state index contributed by atoms with van der Waals surface area (Å²) in [5.74, 6) is -0.311. The summed E-state index contributed by atoms with van der Waals surface area (Å²) in [5.41, 5.74) is 0.507. The molecule has 0 aromatic carbocycles. The maximum atomic E-state index is 12.1. The first-order valence-corrected chi connectivity index (χ1v) is 8.75. The predicted octanol–water partition coefficient (Wildman–Crippen LogP) is 3.33. The Morgan fingerprint density at radius 1 is 1.46 bits per heavy atom. The van der Waals surface area contributed by atoms with E-state index in [4.69, 9.17) is 0 Å². The van der Waals surface area contributed by atoms with Crippen LogP contribution in [0, 0.1) is 5.92 Å². The Bertz CT molecular complexity index is 746. The number of hydrogen-bond donors (Lipinski definition) is 2. The van der Waals surface area contributed by atoms with Crippen LogP contribution in [0.1, 0.15) is 39.8 Å². The number of carboxylic acids is 1. The number of thiophene rings is 1. The smallest absolute Gasteiger partial charge is 0.339 e. The fourth-order valence-electron chi connectivity index (χ4n) is 2.92. The van der Waals surface area contributed by atoms with Gasteiger partial charge in [0.05, 0.1) is 16.8 Å². The molecule has 2 N–H and O–H groups in total. The molecule has 24 heavy (non-hydrogen) atoms. The number of nitrogens with zero attached hydrogens (tertiary/aromatic N) is 2. The number of aromatic carboxylic acids is 1. The van der Waals surface area contributed by atoms with Crippen LogP contribution in [-0.4, -0.2) is 35.1 Å². The molecule has 0 spiro atoms. The van der Waals surface area contributed by atoms with Gasteiger partial charge in [0, 0.05) is 13.1 Å². The Hall–Kier alpha value is -2.41. The molecule has 0 bridgehead atoms. The quantitative estimate of drug-likeness (QED) is 0.888. The number of hydrogen-bond acceptors (Lipinski definition) is 5. The number of piperidine rings is 1. The molecule has 0 aliphatic carbocycles. The van der Waals surface area contributed by atoms with E-state index in [-0.39, 0.29) is 11.5 Å². The van der Waals surface area contributed by atoms with E-state index in [0.29, 0.717) is 22.3 Å². The molecule has 1 aliphatic heterocycles. The SMILES string of the molecule is C[C@@H]1CCCN(c2ncc(NC(=O)c3cccs3)cc2C(=O)O)C1. The van der Waals surface area contributed by atoms with Crippen LogP contribution < -0.4 is 10.2 Å². The molecule has 2 aromatic rings. The van der Waals surface area contributed by atoms with E-state index >= 15 is 0 Å². The zero-order valence-corrected chi connectivity index (χ0v) is 14.2. The van der Waals surface area contributed by atoms with Crippen molar-refractivity contribution in [1.29, 1.82) is 0 Å². The maximum Gasteiger partial charge on any atom is 0.339 e. The van der Waals surface area contributed by atoms with Crippen molar-refractivity contribution in [3.8, 4) is 0 Å². The Labute approximate surface area is 144 Å². The summed E-state index contributed by atoms with van der Waals surface area (Å²) >= 11 is 1.33. The fraction of sp³-hybridized carbons (Fsp3) is 0.353. The monoisotopic (exact) mass is 345 g/mol. The number of pyridine rings is 1. The molecule has 3 heterocycles. The number of carboxylic acid groups (broad SMARTS) is 1. The van der Waals surface area contributed by atoms with Gasteiger partial charge in [-0.15, -0.1) is 11.3 Å². The molecule has 1 amide bonds. The molecule has 1 saturated heterocycles. The van der Waals surface area contributed by atoms with Crippen LogP contribution in [0.2, 0.25) is 0 Å². The lowest BCUT2D eigenvalue weighted by Crippen LogP contribution is -2.36. The minimum Gasteiger partial charge on any atom is -0.478 e. The average Bonchev–Trinajstić information content (AvgIpc) is 3.09. The molecule has 1 fully saturated rings. The average molecular weight is 345 g/mol. The third kappa shape index (κ3) is 3.56. The highest BCUT2D eigenvalue weighted by molar-refractivity contribution is 7.12. The van der Waals surface area contributed by atoms with Gasteiger partial charge < -0.3 is 15.3 Å². The molecule has 6 nitrogen and oxygen atoms in total. The Morgan fingerprint density at radius 3 is 2.96 bits per heavy atom. The highest BCUT2D eigenvalue weighted by Gasteiger charge is 2.23. The van der Waals surface area contributed by atoms with Crippen molar-refractivity contribution in [2.75, 3.05) is 23.3 Å². The summed E-state index contributed by atoms with van der Waals surface area (Å²) in [4.78, 5) is 30.6. The molecular weight excluding hydrogens is 326 g/mol. The van der Waals surface area contributed by atoms with Crippen molar-refractivity contribution < 1.29 is 14.7 Å². The standard InChI is InChI=1S/C17H19N3O3S/c1-11-4-2-6-20(10-11)15-13(17(22)23)8-12(9-18-15)19-16(21)14-5-3-7-24-14/h3,5,7-9,11H,2,4,6,10H2,1H3,(H,19,21)(H,22,23)/t11-/m1/s1. The van der Waals surface area contributed by atoms with E-state index in [1.807, 2.05) is 10.3 Å². The topological polar surface area (TPSA) is 82.5 Å². The molecule has 2 aromatic heterocycles. The van der Waals surface area contributed by atoms with E-state index in [1.165, 1.54) is 23.6 Å². The van der Waals surface area contributed by atoms with Gasteiger partial charge in [-0.1, -0.05) is 13.0 Å². The second-order valence-corrected chi connectivity index (χ2v) is 6.97. The summed E-state index contributed by atoms with van der Waals surface area (Å²) in [6, 6.07) is 4.99. The van der Waals surface area contributed by atoms with Crippen LogP contribution in [0.5, 0.6) is 0 Å². The van der Waals surface area contributed by atoms with Gasteiger partial charge in [-0.25, -0.2) is 9.78 Å². The summed E-state index contributed by atoms with van der Waals surface area (Å²) in [6.45, 7) is 3.76. The molecule has 3 rings (SSSR count). The summed E-state index contributed by atoms with van der Waals surface area (Å²) in [5, 5.41) is 14.0. The number of aromatic nitrogens is 1. The van der Waals surface area contributed by atoms with E-state index in [0.717, 1.165) is 25.9 Å². The minimum absolute atomic E-state index is 0.119. The van der Waals surface area contributed by atoms with E-state index in [9.17, 15) is 14.7 Å². The molecule has 126 valence electrons. The minimum atomic E-state index is -1.04. The van der Waals surface area contributed by atoms with Gasteiger partial charge in [-0.05, 0) is 36.3 Å². The van der Waals surface area contributed by atoms with E-state index in [1.54, 1.807) is 12.1 Å². The Kier molecular flexibility index (Phi) is 4.80. The lowest BCUT2D eigenvalue weighted by molar-refractivity contribution is 0.0696. The molecule has 1 aliphatic rings. The third-order valence-corrected chi connectivity index (χ3v) is 4.93. The van der Waals surface area contributed by atoms with Gasteiger partial charge in [0.15, 0.2) is 0 Å². The number of nitrogens with one attached hydrogen (secondary N) is 1. The van der Waals surface area contributed by atoms with Gasteiger partial charge in [-0.3, -0.25) is 4.79 Å². The number of rotatable bonds is 4. The van der Waals surface area contributed by atoms with Gasteiger partial charge in [0.2, 0.25) is 0 Å². The van der Waals surface area contributed by atoms with Crippen LogP contribution >= 0.6 is 11.3 Å². The van der Waals surface area contributed by atoms with Gasteiger partial charge in [0.25, 0.3) is 5.91 Å². The van der Waals surface area contributed by atoms with Gasteiger partial charge in [-0.2, -0.15) is 0 Å². The van der Waals surface area contributed by atoms with Crippen LogP contribution in [0.15, 0.2) is 29.8 Å². The first-order chi connectivity index (χ1) is 11.5. The molecular formula is C17H19N3O3S. The first-order valence-electron chi connectivity index (χ1n) is 7.87. The van der Waals surface area contributed by atoms with Crippen molar-refractivity contribution >= 4 is 34.7 Å². The number of carbonyl (C=O) groups is 2. The van der Waals surface area contributed by atoms with Crippen LogP contribution in [0.25, 0.3) is 0 Å². The van der Waals surface area contributed by atoms with Gasteiger partial charge >= 0.3 is 5.97 Å². The number of amides is 1. The highest BCUT2D eigenvalue weighted by Crippen LogP contribution is 2.26. The molecule has 0 radical (unpaired) electrons. The third-order valence-electron chi connectivity index (χ3n) is 4.06. The van der Waals surface area contributed by atoms with E-state index in [2.05, 4.69) is 17.2 Å². The lowest BCUT2D eigenvalue weighted by atomic mass is 10.00. The largest absolute Gasteiger partial charge is 0.478 e. The zero-order valence-electron chi connectivity index (χ0n) is 13.4. The van der Waals surface area contributed by atoms with Crippen LogP contribution in [0.4, 0.5) is 11.5 Å². The number of carbonyl (C=O) groups excluding carboxylic acids is 1. The Morgan fingerprint density at radius 2 is 2.29 bits per heavy atom. The van der Waals surface area contributed by atoms with Crippen molar-refractivity contribution in [3.63, 3.8) is 0 Å². The predicted molar refractivity (Wildman–Crippen MR) is 94.1 cm³/mol. The summed E-state index contributed by atoms with van der Waals surface area (Å²) in [6.07, 6.45) is 3.69. The first kappa shape index (κ1) is 16.4. The maximum absolute atomic E-state index is 12.1. The van der Waals surface area contributed by atoms with Crippen molar-refractivity contribution in [2.45, 2.75) is 19.8 Å². The van der Waals surface area contributed by atoms with Crippen LogP contribution in [0.3, 0.4) is 0 Å². The van der Waals surface area contributed by atoms with Crippen molar-refractivity contribution in [1.82, 2.24) is 4.98 Å². The van der Waals surface area contributed by atoms with Crippen molar-refractivity contribution in [3.05, 3.63) is 40.2 Å². The molecule has 0 saturated carbocycles. The van der Waals surface area contributed by atoms with E-state index < -0.39 is 5.97 Å². The second-order valence-electron chi connectivity index (χ2n) is 6.03. The fourth-order valence-corrected chi connectivity index (χ4v) is 3.54. The molecule has 0 unspecified atom stereocenters. The highest BCUT2D eigenvalue weighted by atomic mass is 32.1. The molecule has 1 atom stereocenters. The lowest BCUT2D eigenvalue weighted by Gasteiger charge is -2.32. The Balaban J connectivity index is 1.84. The van der Waals surface area contributed by atoms with Crippen LogP contribution in [-0.2, 0) is 0 Å². The summed E-state index contributed by atoms with van der Waals surface area (Å²) in [7, 11) is 0. The summed E-state index contributed by atoms with van der Waals surface area (Å²) < 4.78 is 0. The second kappa shape index (κ2) is 7.00. The number of anilines is 2.